The number of hydrogen-bond acceptors (Lipinski definition) is 2. The van der Waals surface area contributed by atoms with Gasteiger partial charge in [-0.25, -0.2) is 0 Å². The van der Waals surface area contributed by atoms with Gasteiger partial charge in [0.25, 0.3) is 0 Å². The predicted molar refractivity (Wildman–Crippen MR) is 59.7 cm³/mol. The Hall–Kier alpha value is -0.660. The van der Waals surface area contributed by atoms with Crippen molar-refractivity contribution < 1.29 is 0 Å². The molecule has 0 aromatic carbocycles. The highest BCUT2D eigenvalue weighted by Gasteiger charge is 2.22. The van der Waals surface area contributed by atoms with Crippen LogP contribution in [-0.2, 0) is 0 Å². The van der Waals surface area contributed by atoms with Gasteiger partial charge in [0.05, 0.1) is 6.67 Å². The second kappa shape index (κ2) is 4.72. The third kappa shape index (κ3) is 2.23. The van der Waals surface area contributed by atoms with Crippen molar-refractivity contribution in [3.63, 3.8) is 0 Å². The lowest BCUT2D eigenvalue weighted by Gasteiger charge is -2.32. The molecule has 1 fully saturated rings. The van der Waals surface area contributed by atoms with E-state index in [1.54, 1.807) is 0 Å². The lowest BCUT2D eigenvalue weighted by molar-refractivity contribution is 0.176. The first-order valence-corrected chi connectivity index (χ1v) is 6.08. The third-order valence-electron chi connectivity index (χ3n) is 3.37. The molecule has 0 amide bonds. The summed E-state index contributed by atoms with van der Waals surface area (Å²) in [6.45, 7) is 4.59. The van der Waals surface area contributed by atoms with Gasteiger partial charge in [-0.15, -0.1) is 0 Å². The maximum atomic E-state index is 2.54. The van der Waals surface area contributed by atoms with Crippen molar-refractivity contribution in [2.45, 2.75) is 51.5 Å². The lowest BCUT2D eigenvalue weighted by Crippen LogP contribution is -2.35. The van der Waals surface area contributed by atoms with Gasteiger partial charge in [0, 0.05) is 25.0 Å². The van der Waals surface area contributed by atoms with E-state index in [2.05, 4.69) is 29.1 Å². The molecule has 0 spiro atoms. The Kier molecular flexibility index (Phi) is 3.33. The van der Waals surface area contributed by atoms with Crippen LogP contribution >= 0.6 is 0 Å². The van der Waals surface area contributed by atoms with Crippen LogP contribution in [0.4, 0.5) is 0 Å². The molecule has 2 nitrogen and oxygen atoms in total. The summed E-state index contributed by atoms with van der Waals surface area (Å²) in [6.07, 6.45) is 12.9. The molecular weight excluding hydrogens is 172 g/mol. The Balaban J connectivity index is 1.80. The fourth-order valence-corrected chi connectivity index (χ4v) is 2.57. The fourth-order valence-electron chi connectivity index (χ4n) is 2.57. The first kappa shape index (κ1) is 9.88. The largest absolute Gasteiger partial charge is 0.359 e. The van der Waals surface area contributed by atoms with Crippen molar-refractivity contribution in [1.29, 1.82) is 0 Å². The van der Waals surface area contributed by atoms with Crippen molar-refractivity contribution in [3.05, 3.63) is 12.4 Å². The van der Waals surface area contributed by atoms with Gasteiger partial charge in [-0.05, 0) is 19.3 Å². The molecular formula is C12H22N2. The Bertz CT molecular complexity index is 194. The minimum absolute atomic E-state index is 0.835. The SMILES string of the molecule is CCCN1C=CN(C2CCCCC2)C1. The molecule has 0 atom stereocenters. The average Bonchev–Trinajstić information content (AvgIpc) is 2.68. The van der Waals surface area contributed by atoms with Gasteiger partial charge < -0.3 is 9.80 Å². The zero-order valence-electron chi connectivity index (χ0n) is 9.28. The molecule has 0 aromatic heterocycles. The van der Waals surface area contributed by atoms with E-state index >= 15 is 0 Å². The van der Waals surface area contributed by atoms with Crippen molar-refractivity contribution in [1.82, 2.24) is 9.80 Å². The van der Waals surface area contributed by atoms with Gasteiger partial charge in [-0.2, -0.15) is 0 Å². The summed E-state index contributed by atoms with van der Waals surface area (Å²) < 4.78 is 0. The van der Waals surface area contributed by atoms with Crippen LogP contribution in [0, 0.1) is 0 Å². The van der Waals surface area contributed by atoms with Gasteiger partial charge >= 0.3 is 0 Å². The van der Waals surface area contributed by atoms with Crippen LogP contribution in [0.2, 0.25) is 0 Å². The first-order chi connectivity index (χ1) is 6.90. The minimum atomic E-state index is 0.835. The van der Waals surface area contributed by atoms with Crippen molar-refractivity contribution in [2.75, 3.05) is 13.2 Å². The summed E-state index contributed by atoms with van der Waals surface area (Å²) in [5.41, 5.74) is 0. The number of nitrogens with zero attached hydrogens (tertiary/aromatic N) is 2. The van der Waals surface area contributed by atoms with Gasteiger partial charge in [-0.3, -0.25) is 0 Å². The molecule has 0 N–H and O–H groups in total. The normalized spacial score (nSPS) is 23.5. The highest BCUT2D eigenvalue weighted by Crippen LogP contribution is 2.24. The zero-order chi connectivity index (χ0) is 9.80. The second-order valence-corrected chi connectivity index (χ2v) is 4.56. The smallest absolute Gasteiger partial charge is 0.0896 e. The van der Waals surface area contributed by atoms with Crippen LogP contribution in [0.3, 0.4) is 0 Å². The topological polar surface area (TPSA) is 6.48 Å². The van der Waals surface area contributed by atoms with E-state index in [1.165, 1.54) is 45.1 Å². The van der Waals surface area contributed by atoms with E-state index in [9.17, 15) is 0 Å². The van der Waals surface area contributed by atoms with Crippen LogP contribution in [0.1, 0.15) is 45.4 Å². The van der Waals surface area contributed by atoms with Crippen LogP contribution in [0.5, 0.6) is 0 Å². The van der Waals surface area contributed by atoms with Gasteiger partial charge in [0.15, 0.2) is 0 Å². The lowest BCUT2D eigenvalue weighted by atomic mass is 9.95. The molecule has 2 heteroatoms. The van der Waals surface area contributed by atoms with Crippen LogP contribution in [-0.4, -0.2) is 29.1 Å². The highest BCUT2D eigenvalue weighted by molar-refractivity contribution is 4.94. The van der Waals surface area contributed by atoms with E-state index in [0.29, 0.717) is 0 Å². The molecule has 2 aliphatic rings. The quantitative estimate of drug-likeness (QED) is 0.681. The molecule has 0 unspecified atom stereocenters. The van der Waals surface area contributed by atoms with E-state index in [0.717, 1.165) is 12.7 Å². The Morgan fingerprint density at radius 2 is 1.93 bits per heavy atom. The van der Waals surface area contributed by atoms with Crippen LogP contribution < -0.4 is 0 Å². The Labute approximate surface area is 87.6 Å². The van der Waals surface area contributed by atoms with Crippen molar-refractivity contribution >= 4 is 0 Å². The first-order valence-electron chi connectivity index (χ1n) is 6.08. The summed E-state index contributed by atoms with van der Waals surface area (Å²) in [6, 6.07) is 0.835. The molecule has 0 bridgehead atoms. The summed E-state index contributed by atoms with van der Waals surface area (Å²) >= 11 is 0. The fraction of sp³-hybridized carbons (Fsp3) is 0.833. The number of rotatable bonds is 3. The molecule has 0 saturated heterocycles. The zero-order valence-corrected chi connectivity index (χ0v) is 9.28. The standard InChI is InChI=1S/C12H22N2/c1-2-8-13-9-10-14(11-13)12-6-4-3-5-7-12/h9-10,12H,2-8,11H2,1H3. The van der Waals surface area contributed by atoms with Gasteiger partial charge in [-0.1, -0.05) is 26.2 Å². The molecule has 80 valence electrons. The minimum Gasteiger partial charge on any atom is -0.359 e. The van der Waals surface area contributed by atoms with Crippen LogP contribution in [0.15, 0.2) is 12.4 Å². The van der Waals surface area contributed by atoms with Gasteiger partial charge in [0.1, 0.15) is 0 Å². The summed E-state index contributed by atoms with van der Waals surface area (Å²) in [5, 5.41) is 0. The summed E-state index contributed by atoms with van der Waals surface area (Å²) in [5.74, 6) is 0. The third-order valence-corrected chi connectivity index (χ3v) is 3.37. The monoisotopic (exact) mass is 194 g/mol. The van der Waals surface area contributed by atoms with Gasteiger partial charge in [0.2, 0.25) is 0 Å². The maximum Gasteiger partial charge on any atom is 0.0896 e. The molecule has 1 saturated carbocycles. The van der Waals surface area contributed by atoms with Crippen molar-refractivity contribution in [2.24, 2.45) is 0 Å². The summed E-state index contributed by atoms with van der Waals surface area (Å²) in [7, 11) is 0. The maximum absolute atomic E-state index is 2.54. The van der Waals surface area contributed by atoms with E-state index < -0.39 is 0 Å². The second-order valence-electron chi connectivity index (χ2n) is 4.56. The Morgan fingerprint density at radius 1 is 1.14 bits per heavy atom. The average molecular weight is 194 g/mol. The highest BCUT2D eigenvalue weighted by atomic mass is 15.3. The number of hydrogen-bond donors (Lipinski definition) is 0. The predicted octanol–water partition coefficient (Wildman–Crippen LogP) is 2.78. The Morgan fingerprint density at radius 3 is 2.64 bits per heavy atom. The molecule has 1 heterocycles. The van der Waals surface area contributed by atoms with E-state index in [-0.39, 0.29) is 0 Å². The molecule has 0 radical (unpaired) electrons. The van der Waals surface area contributed by atoms with E-state index in [4.69, 9.17) is 0 Å². The summed E-state index contributed by atoms with van der Waals surface area (Å²) in [4.78, 5) is 4.96. The molecule has 14 heavy (non-hydrogen) atoms. The molecule has 1 aliphatic heterocycles. The molecule has 0 aromatic rings. The molecule has 1 aliphatic carbocycles. The van der Waals surface area contributed by atoms with Crippen LogP contribution in [0.25, 0.3) is 0 Å². The molecule has 2 rings (SSSR count). The van der Waals surface area contributed by atoms with Crippen molar-refractivity contribution in [3.8, 4) is 0 Å². The van der Waals surface area contributed by atoms with E-state index in [1.807, 2.05) is 0 Å².